The average molecular weight is 390 g/mol. The second-order valence-corrected chi connectivity index (χ2v) is 8.59. The maximum absolute atomic E-state index is 12.6. The summed E-state index contributed by atoms with van der Waals surface area (Å²) >= 11 is 0. The number of hydrogen-bond donors (Lipinski definition) is 1. The average Bonchev–Trinajstić information content (AvgIpc) is 2.67. The van der Waals surface area contributed by atoms with E-state index in [-0.39, 0.29) is 5.69 Å². The molecule has 1 aliphatic heterocycles. The minimum Gasteiger partial charge on any atom is -0.370 e. The quantitative estimate of drug-likeness (QED) is 0.601. The Morgan fingerprint density at radius 3 is 2.52 bits per heavy atom. The summed E-state index contributed by atoms with van der Waals surface area (Å²) in [5.74, 6) is 0.918. The second kappa shape index (κ2) is 8.01. The molecule has 0 unspecified atom stereocenters. The molecule has 27 heavy (non-hydrogen) atoms. The van der Waals surface area contributed by atoms with Gasteiger partial charge >= 0.3 is 0 Å². The smallest absolute Gasteiger partial charge is 0.290 e. The molecule has 1 N–H and O–H groups in total. The van der Waals surface area contributed by atoms with Gasteiger partial charge in [-0.3, -0.25) is 10.1 Å². The molecule has 0 saturated carbocycles. The third kappa shape index (κ3) is 4.42. The number of nitrogens with one attached hydrogen (secondary N) is 1. The normalized spacial score (nSPS) is 16.2. The van der Waals surface area contributed by atoms with E-state index in [2.05, 4.69) is 10.3 Å². The second-order valence-electron chi connectivity index (χ2n) is 6.65. The van der Waals surface area contributed by atoms with Gasteiger partial charge in [-0.1, -0.05) is 18.2 Å². The highest BCUT2D eigenvalue weighted by molar-refractivity contribution is 7.89. The van der Waals surface area contributed by atoms with Crippen molar-refractivity contribution in [1.29, 1.82) is 0 Å². The minimum atomic E-state index is -3.43. The zero-order chi connectivity index (χ0) is 19.4. The standard InChI is InChI=1S/C18H22N4O4S/c1-14-11-18(20-13-17(14)22(23)24)19-12-15-7-9-21(10-8-15)27(25,26)16-5-3-2-4-6-16/h2-6,11,13,15H,7-10,12H2,1H3,(H,19,20). The SMILES string of the molecule is Cc1cc(NCC2CCN(S(=O)(=O)c3ccccc3)CC2)ncc1[N+](=O)[O-]. The Labute approximate surface area is 158 Å². The summed E-state index contributed by atoms with van der Waals surface area (Å²) in [4.78, 5) is 14.8. The third-order valence-corrected chi connectivity index (χ3v) is 6.72. The van der Waals surface area contributed by atoms with Crippen molar-refractivity contribution in [2.45, 2.75) is 24.7 Å². The lowest BCUT2D eigenvalue weighted by Crippen LogP contribution is -2.39. The van der Waals surface area contributed by atoms with Crippen LogP contribution in [0.1, 0.15) is 18.4 Å². The highest BCUT2D eigenvalue weighted by atomic mass is 32.2. The maximum atomic E-state index is 12.6. The molecule has 9 heteroatoms. The number of piperidine rings is 1. The van der Waals surface area contributed by atoms with E-state index in [1.165, 1.54) is 10.5 Å². The number of hydrogen-bond acceptors (Lipinski definition) is 6. The van der Waals surface area contributed by atoms with Crippen LogP contribution in [0.5, 0.6) is 0 Å². The van der Waals surface area contributed by atoms with Crippen LogP contribution in [0, 0.1) is 23.0 Å². The molecule has 144 valence electrons. The van der Waals surface area contributed by atoms with Crippen molar-refractivity contribution in [2.75, 3.05) is 25.0 Å². The van der Waals surface area contributed by atoms with E-state index in [1.807, 2.05) is 0 Å². The molecule has 1 aromatic heterocycles. The molecular weight excluding hydrogens is 368 g/mol. The molecule has 0 radical (unpaired) electrons. The summed E-state index contributed by atoms with van der Waals surface area (Å²) in [5.41, 5.74) is 0.557. The first-order valence-corrected chi connectivity index (χ1v) is 10.2. The van der Waals surface area contributed by atoms with Crippen molar-refractivity contribution >= 4 is 21.5 Å². The van der Waals surface area contributed by atoms with Gasteiger partial charge in [0, 0.05) is 25.2 Å². The number of anilines is 1. The van der Waals surface area contributed by atoms with Gasteiger partial charge in [0.15, 0.2) is 0 Å². The number of benzene rings is 1. The highest BCUT2D eigenvalue weighted by Crippen LogP contribution is 2.24. The Balaban J connectivity index is 1.54. The monoisotopic (exact) mass is 390 g/mol. The number of aromatic nitrogens is 1. The Morgan fingerprint density at radius 2 is 1.93 bits per heavy atom. The third-order valence-electron chi connectivity index (χ3n) is 4.81. The van der Waals surface area contributed by atoms with Crippen molar-refractivity contribution in [3.8, 4) is 0 Å². The zero-order valence-corrected chi connectivity index (χ0v) is 15.9. The van der Waals surface area contributed by atoms with Gasteiger partial charge in [0.2, 0.25) is 10.0 Å². The molecule has 0 atom stereocenters. The summed E-state index contributed by atoms with van der Waals surface area (Å²) < 4.78 is 26.8. The molecule has 2 heterocycles. The summed E-state index contributed by atoms with van der Waals surface area (Å²) in [6, 6.07) is 10.1. The molecule has 1 aromatic carbocycles. The fourth-order valence-corrected chi connectivity index (χ4v) is 4.67. The first-order chi connectivity index (χ1) is 12.9. The summed E-state index contributed by atoms with van der Waals surface area (Å²) in [6.45, 7) is 3.30. The van der Waals surface area contributed by atoms with Gasteiger partial charge in [0.1, 0.15) is 12.0 Å². The number of sulfonamides is 1. The lowest BCUT2D eigenvalue weighted by molar-refractivity contribution is -0.385. The summed E-state index contributed by atoms with van der Waals surface area (Å²) in [7, 11) is -3.43. The van der Waals surface area contributed by atoms with Crippen LogP contribution in [-0.2, 0) is 10.0 Å². The van der Waals surface area contributed by atoms with Crippen molar-refractivity contribution < 1.29 is 13.3 Å². The molecule has 1 fully saturated rings. The first-order valence-electron chi connectivity index (χ1n) is 8.78. The molecule has 0 amide bonds. The Bertz CT molecular complexity index is 910. The van der Waals surface area contributed by atoms with E-state index in [0.29, 0.717) is 41.8 Å². The number of aryl methyl sites for hydroxylation is 1. The van der Waals surface area contributed by atoms with Gasteiger partial charge < -0.3 is 5.32 Å². The highest BCUT2D eigenvalue weighted by Gasteiger charge is 2.29. The van der Waals surface area contributed by atoms with Crippen LogP contribution < -0.4 is 5.32 Å². The van der Waals surface area contributed by atoms with Crippen molar-refractivity contribution in [3.05, 3.63) is 58.3 Å². The largest absolute Gasteiger partial charge is 0.370 e. The van der Waals surface area contributed by atoms with Crippen LogP contribution in [0.4, 0.5) is 11.5 Å². The van der Waals surface area contributed by atoms with Crippen LogP contribution in [0.25, 0.3) is 0 Å². The molecule has 3 rings (SSSR count). The molecule has 0 spiro atoms. The predicted octanol–water partition coefficient (Wildman–Crippen LogP) is 2.81. The fourth-order valence-electron chi connectivity index (χ4n) is 3.18. The van der Waals surface area contributed by atoms with Gasteiger partial charge in [-0.2, -0.15) is 4.31 Å². The number of nitro groups is 1. The van der Waals surface area contributed by atoms with Crippen molar-refractivity contribution in [3.63, 3.8) is 0 Å². The predicted molar refractivity (Wildman–Crippen MR) is 102 cm³/mol. The fraction of sp³-hybridized carbons (Fsp3) is 0.389. The zero-order valence-electron chi connectivity index (χ0n) is 15.0. The van der Waals surface area contributed by atoms with Gasteiger partial charge in [-0.15, -0.1) is 0 Å². The topological polar surface area (TPSA) is 105 Å². The van der Waals surface area contributed by atoms with Crippen LogP contribution in [0.2, 0.25) is 0 Å². The Morgan fingerprint density at radius 1 is 1.26 bits per heavy atom. The van der Waals surface area contributed by atoms with E-state index in [0.717, 1.165) is 12.8 Å². The van der Waals surface area contributed by atoms with Crippen molar-refractivity contribution in [1.82, 2.24) is 9.29 Å². The molecule has 0 aliphatic carbocycles. The molecule has 1 saturated heterocycles. The molecular formula is C18H22N4O4S. The minimum absolute atomic E-state index is 0.0000215. The van der Waals surface area contributed by atoms with E-state index in [1.54, 1.807) is 43.3 Å². The number of rotatable bonds is 6. The van der Waals surface area contributed by atoms with Gasteiger partial charge in [0.25, 0.3) is 5.69 Å². The van der Waals surface area contributed by atoms with Crippen LogP contribution in [-0.4, -0.2) is 42.3 Å². The summed E-state index contributed by atoms with van der Waals surface area (Å²) in [5, 5.41) is 14.0. The number of pyridine rings is 1. The van der Waals surface area contributed by atoms with Crippen LogP contribution in [0.15, 0.2) is 47.5 Å². The maximum Gasteiger partial charge on any atom is 0.290 e. The summed E-state index contributed by atoms with van der Waals surface area (Å²) in [6.07, 6.45) is 2.77. The van der Waals surface area contributed by atoms with Gasteiger partial charge in [-0.25, -0.2) is 13.4 Å². The molecule has 2 aromatic rings. The van der Waals surface area contributed by atoms with E-state index >= 15 is 0 Å². The van der Waals surface area contributed by atoms with Crippen LogP contribution >= 0.6 is 0 Å². The van der Waals surface area contributed by atoms with E-state index < -0.39 is 14.9 Å². The van der Waals surface area contributed by atoms with E-state index in [9.17, 15) is 18.5 Å². The van der Waals surface area contributed by atoms with Crippen molar-refractivity contribution in [2.24, 2.45) is 5.92 Å². The van der Waals surface area contributed by atoms with Gasteiger partial charge in [-0.05, 0) is 43.9 Å². The van der Waals surface area contributed by atoms with E-state index in [4.69, 9.17) is 0 Å². The van der Waals surface area contributed by atoms with Crippen LogP contribution in [0.3, 0.4) is 0 Å². The molecule has 8 nitrogen and oxygen atoms in total. The Kier molecular flexibility index (Phi) is 5.71. The lowest BCUT2D eigenvalue weighted by Gasteiger charge is -2.31. The molecule has 1 aliphatic rings. The molecule has 0 bridgehead atoms. The van der Waals surface area contributed by atoms with Gasteiger partial charge in [0.05, 0.1) is 9.82 Å². The lowest BCUT2D eigenvalue weighted by atomic mass is 9.98. The Hall–Kier alpha value is -2.52. The number of nitrogens with zero attached hydrogens (tertiary/aromatic N) is 3. The first kappa shape index (κ1) is 19.2.